The Morgan fingerprint density at radius 1 is 1.22 bits per heavy atom. The molecule has 0 bridgehead atoms. The second-order valence-corrected chi connectivity index (χ2v) is 6.79. The third-order valence-corrected chi connectivity index (χ3v) is 4.50. The Kier molecular flexibility index (Phi) is 5.02. The van der Waals surface area contributed by atoms with Crippen LogP contribution < -0.4 is 5.46 Å². The second kappa shape index (κ2) is 6.50. The third kappa shape index (κ3) is 3.85. The number of esters is 1. The number of aryl methyl sites for hydroxylation is 1. The quantitative estimate of drug-likeness (QED) is 0.487. The number of ether oxygens (including phenoxy) is 1. The Morgan fingerprint density at radius 3 is 2.35 bits per heavy atom. The van der Waals surface area contributed by atoms with Crippen molar-refractivity contribution in [3.8, 4) is 0 Å². The molecular formula is C18H25BO4. The van der Waals surface area contributed by atoms with Gasteiger partial charge in [0.05, 0.1) is 17.8 Å². The SMILES string of the molecule is CCOC(=O)C=Cc1ccc(B2OC(C)(C)C(C)(C)O2)cc1C. The molecule has 0 unspecified atom stereocenters. The Bertz CT molecular complexity index is 603. The second-order valence-electron chi connectivity index (χ2n) is 6.79. The topological polar surface area (TPSA) is 44.8 Å². The molecule has 124 valence electrons. The predicted octanol–water partition coefficient (Wildman–Crippen LogP) is 2.87. The summed E-state index contributed by atoms with van der Waals surface area (Å²) in [6, 6.07) is 5.97. The van der Waals surface area contributed by atoms with Crippen molar-refractivity contribution in [1.82, 2.24) is 0 Å². The Hall–Kier alpha value is -1.59. The number of carbonyl (C=O) groups excluding carboxylic acids is 1. The molecule has 23 heavy (non-hydrogen) atoms. The van der Waals surface area contributed by atoms with Crippen LogP contribution in [0.25, 0.3) is 6.08 Å². The van der Waals surface area contributed by atoms with Gasteiger partial charge in [0, 0.05) is 6.08 Å². The van der Waals surface area contributed by atoms with Crippen LogP contribution in [0.4, 0.5) is 0 Å². The van der Waals surface area contributed by atoms with Gasteiger partial charge in [-0.15, -0.1) is 0 Å². The number of hydrogen-bond donors (Lipinski definition) is 0. The molecule has 0 amide bonds. The van der Waals surface area contributed by atoms with E-state index in [1.165, 1.54) is 6.08 Å². The standard InChI is InChI=1S/C18H25BO4/c1-7-21-16(20)11-9-14-8-10-15(12-13(14)2)19-22-17(3,4)18(5,6)23-19/h8-12H,7H2,1-6H3. The van der Waals surface area contributed by atoms with Gasteiger partial charge in [-0.2, -0.15) is 0 Å². The lowest BCUT2D eigenvalue weighted by Gasteiger charge is -2.32. The van der Waals surface area contributed by atoms with E-state index in [1.807, 2.05) is 52.8 Å². The van der Waals surface area contributed by atoms with Gasteiger partial charge in [-0.3, -0.25) is 0 Å². The molecular weight excluding hydrogens is 291 g/mol. The molecule has 1 aromatic rings. The molecule has 1 fully saturated rings. The molecule has 0 atom stereocenters. The molecule has 0 N–H and O–H groups in total. The highest BCUT2D eigenvalue weighted by Crippen LogP contribution is 2.36. The van der Waals surface area contributed by atoms with Crippen LogP contribution in [0.5, 0.6) is 0 Å². The fourth-order valence-corrected chi connectivity index (χ4v) is 2.36. The normalized spacial score (nSPS) is 19.3. The summed E-state index contributed by atoms with van der Waals surface area (Å²) in [5, 5.41) is 0. The Labute approximate surface area is 139 Å². The zero-order valence-electron chi connectivity index (χ0n) is 14.8. The summed E-state index contributed by atoms with van der Waals surface area (Å²) in [6.45, 7) is 12.3. The van der Waals surface area contributed by atoms with E-state index in [4.69, 9.17) is 14.0 Å². The van der Waals surface area contributed by atoms with Crippen LogP contribution in [0.3, 0.4) is 0 Å². The van der Waals surface area contributed by atoms with Crippen molar-refractivity contribution in [3.05, 3.63) is 35.4 Å². The Morgan fingerprint density at radius 2 is 1.83 bits per heavy atom. The molecule has 1 aromatic carbocycles. The van der Waals surface area contributed by atoms with E-state index >= 15 is 0 Å². The highest BCUT2D eigenvalue weighted by atomic mass is 16.7. The van der Waals surface area contributed by atoms with Gasteiger partial charge in [0.25, 0.3) is 0 Å². The summed E-state index contributed by atoms with van der Waals surface area (Å²) in [4.78, 5) is 11.4. The van der Waals surface area contributed by atoms with Crippen LogP contribution in [0.2, 0.25) is 0 Å². The molecule has 1 heterocycles. The minimum absolute atomic E-state index is 0.332. The number of hydrogen-bond acceptors (Lipinski definition) is 4. The highest BCUT2D eigenvalue weighted by Gasteiger charge is 2.51. The molecule has 1 aliphatic heterocycles. The monoisotopic (exact) mass is 316 g/mol. The number of carbonyl (C=O) groups is 1. The van der Waals surface area contributed by atoms with Gasteiger partial charge in [0.2, 0.25) is 0 Å². The first kappa shape index (κ1) is 17.8. The lowest BCUT2D eigenvalue weighted by atomic mass is 9.78. The lowest BCUT2D eigenvalue weighted by Crippen LogP contribution is -2.41. The average Bonchev–Trinajstić information content (AvgIpc) is 2.66. The van der Waals surface area contributed by atoms with Crippen LogP contribution in [-0.4, -0.2) is 30.9 Å². The summed E-state index contributed by atoms with van der Waals surface area (Å²) in [6.07, 6.45) is 3.21. The minimum Gasteiger partial charge on any atom is -0.463 e. The maximum atomic E-state index is 11.4. The molecule has 0 spiro atoms. The van der Waals surface area contributed by atoms with Gasteiger partial charge in [-0.1, -0.05) is 18.2 Å². The maximum Gasteiger partial charge on any atom is 0.494 e. The van der Waals surface area contributed by atoms with E-state index in [1.54, 1.807) is 13.0 Å². The van der Waals surface area contributed by atoms with E-state index in [0.717, 1.165) is 16.6 Å². The van der Waals surface area contributed by atoms with E-state index in [9.17, 15) is 4.79 Å². The molecule has 0 saturated carbocycles. The smallest absolute Gasteiger partial charge is 0.463 e. The fraction of sp³-hybridized carbons (Fsp3) is 0.500. The first-order valence-electron chi connectivity index (χ1n) is 7.97. The van der Waals surface area contributed by atoms with E-state index < -0.39 is 0 Å². The summed E-state index contributed by atoms with van der Waals surface area (Å²) in [7, 11) is -0.373. The molecule has 1 aliphatic rings. The molecule has 5 heteroatoms. The van der Waals surface area contributed by atoms with E-state index in [0.29, 0.717) is 6.61 Å². The van der Waals surface area contributed by atoms with Crippen molar-refractivity contribution in [2.75, 3.05) is 6.61 Å². The van der Waals surface area contributed by atoms with Gasteiger partial charge in [-0.25, -0.2) is 4.79 Å². The summed E-state index contributed by atoms with van der Waals surface area (Å²) >= 11 is 0. The van der Waals surface area contributed by atoms with Crippen LogP contribution >= 0.6 is 0 Å². The molecule has 0 radical (unpaired) electrons. The summed E-state index contributed by atoms with van der Waals surface area (Å²) in [5.74, 6) is -0.332. The van der Waals surface area contributed by atoms with E-state index in [-0.39, 0.29) is 24.3 Å². The average molecular weight is 316 g/mol. The summed E-state index contributed by atoms with van der Waals surface area (Å²) in [5.41, 5.74) is 2.30. The van der Waals surface area contributed by atoms with Crippen LogP contribution in [0.15, 0.2) is 24.3 Å². The van der Waals surface area contributed by atoms with Crippen molar-refractivity contribution in [3.63, 3.8) is 0 Å². The largest absolute Gasteiger partial charge is 0.494 e. The number of rotatable bonds is 4. The molecule has 2 rings (SSSR count). The van der Waals surface area contributed by atoms with Gasteiger partial charge in [-0.05, 0) is 64.2 Å². The highest BCUT2D eigenvalue weighted by molar-refractivity contribution is 6.62. The maximum absolute atomic E-state index is 11.4. The van der Waals surface area contributed by atoms with Gasteiger partial charge in [0.1, 0.15) is 0 Å². The first-order chi connectivity index (χ1) is 10.7. The van der Waals surface area contributed by atoms with Crippen molar-refractivity contribution in [2.45, 2.75) is 52.7 Å². The van der Waals surface area contributed by atoms with Gasteiger partial charge < -0.3 is 14.0 Å². The Balaban J connectivity index is 2.16. The van der Waals surface area contributed by atoms with Crippen LogP contribution in [0.1, 0.15) is 45.7 Å². The zero-order chi connectivity index (χ0) is 17.3. The van der Waals surface area contributed by atoms with Crippen LogP contribution in [-0.2, 0) is 18.8 Å². The fourth-order valence-electron chi connectivity index (χ4n) is 2.36. The molecule has 0 aliphatic carbocycles. The summed E-state index contributed by atoms with van der Waals surface area (Å²) < 4.78 is 17.0. The number of benzene rings is 1. The first-order valence-corrected chi connectivity index (χ1v) is 7.97. The van der Waals surface area contributed by atoms with Gasteiger partial charge in [0.15, 0.2) is 0 Å². The predicted molar refractivity (Wildman–Crippen MR) is 92.6 cm³/mol. The molecule has 0 aromatic heterocycles. The molecule has 4 nitrogen and oxygen atoms in total. The van der Waals surface area contributed by atoms with Crippen molar-refractivity contribution in [2.24, 2.45) is 0 Å². The zero-order valence-corrected chi connectivity index (χ0v) is 14.8. The van der Waals surface area contributed by atoms with Crippen LogP contribution in [0, 0.1) is 6.92 Å². The van der Waals surface area contributed by atoms with E-state index in [2.05, 4.69) is 0 Å². The minimum atomic E-state index is -0.373. The van der Waals surface area contributed by atoms with Crippen molar-refractivity contribution in [1.29, 1.82) is 0 Å². The van der Waals surface area contributed by atoms with Crippen molar-refractivity contribution < 1.29 is 18.8 Å². The van der Waals surface area contributed by atoms with Gasteiger partial charge >= 0.3 is 13.1 Å². The third-order valence-electron chi connectivity index (χ3n) is 4.50. The molecule has 1 saturated heterocycles. The lowest BCUT2D eigenvalue weighted by molar-refractivity contribution is -0.137. The van der Waals surface area contributed by atoms with Crippen molar-refractivity contribution >= 4 is 24.6 Å².